The highest BCUT2D eigenvalue weighted by molar-refractivity contribution is 7.90. The first-order valence-corrected chi connectivity index (χ1v) is 13.2. The third-order valence-corrected chi connectivity index (χ3v) is 7.51. The Morgan fingerprint density at radius 3 is 2.42 bits per heavy atom. The molecule has 12 heteroatoms. The van der Waals surface area contributed by atoms with Gasteiger partial charge in [-0.3, -0.25) is 4.79 Å². The highest BCUT2D eigenvalue weighted by Gasteiger charge is 2.28. The Kier molecular flexibility index (Phi) is 7.62. The Hall–Kier alpha value is -3.41. The molecule has 1 atom stereocenters. The molecule has 3 aromatic carbocycles. The zero-order valence-corrected chi connectivity index (χ0v) is 21.1. The van der Waals surface area contributed by atoms with Gasteiger partial charge in [-0.05, 0) is 60.4 Å². The molecule has 7 nitrogen and oxygen atoms in total. The fourth-order valence-corrected chi connectivity index (χ4v) is 5.08. The SMILES string of the molecule is C[C@H](C(=O)NS(=O)(=O)c1ccc(Cl)cc1)N(Cc1ccc(-c2csnn2)cc1)c1cc(F)ccc1F. The van der Waals surface area contributed by atoms with Crippen molar-refractivity contribution in [3.8, 4) is 11.3 Å². The number of halogens is 3. The van der Waals surface area contributed by atoms with E-state index in [4.69, 9.17) is 11.6 Å². The zero-order valence-electron chi connectivity index (χ0n) is 18.7. The summed E-state index contributed by atoms with van der Waals surface area (Å²) in [6, 6.07) is 14.1. The number of carbonyl (C=O) groups is 1. The lowest BCUT2D eigenvalue weighted by Crippen LogP contribution is -2.47. The number of hydrogen-bond acceptors (Lipinski definition) is 7. The zero-order chi connectivity index (χ0) is 25.9. The number of carbonyl (C=O) groups excluding carboxylic acids is 1. The van der Waals surface area contributed by atoms with E-state index in [9.17, 15) is 22.0 Å². The van der Waals surface area contributed by atoms with Gasteiger partial charge in [0.2, 0.25) is 0 Å². The van der Waals surface area contributed by atoms with Gasteiger partial charge in [-0.2, -0.15) is 0 Å². The molecule has 0 fully saturated rings. The molecule has 0 saturated heterocycles. The van der Waals surface area contributed by atoms with Gasteiger partial charge >= 0.3 is 0 Å². The Bertz CT molecular complexity index is 1470. The van der Waals surface area contributed by atoms with Crippen LogP contribution in [0.15, 0.2) is 77.0 Å². The molecular formula is C24H19ClF2N4O3S2. The first-order valence-electron chi connectivity index (χ1n) is 10.5. The second-order valence-electron chi connectivity index (χ2n) is 7.81. The van der Waals surface area contributed by atoms with E-state index >= 15 is 0 Å². The summed E-state index contributed by atoms with van der Waals surface area (Å²) in [5.74, 6) is -2.38. The number of amides is 1. The molecule has 4 rings (SSSR count). The van der Waals surface area contributed by atoms with Crippen molar-refractivity contribution in [2.75, 3.05) is 4.90 Å². The van der Waals surface area contributed by atoms with Gasteiger partial charge < -0.3 is 4.90 Å². The summed E-state index contributed by atoms with van der Waals surface area (Å²) in [6.07, 6.45) is 0. The van der Waals surface area contributed by atoms with E-state index in [0.29, 0.717) is 16.3 Å². The lowest BCUT2D eigenvalue weighted by atomic mass is 10.1. The summed E-state index contributed by atoms with van der Waals surface area (Å²) in [5, 5.41) is 6.13. The lowest BCUT2D eigenvalue weighted by Gasteiger charge is -2.31. The number of nitrogens with zero attached hydrogens (tertiary/aromatic N) is 3. The molecule has 0 aliphatic carbocycles. The molecule has 1 heterocycles. The lowest BCUT2D eigenvalue weighted by molar-refractivity contribution is -0.120. The second-order valence-corrected chi connectivity index (χ2v) is 10.5. The standard InChI is InChI=1S/C24H19ClF2N4O3S2/c1-15(24(32)29-36(33,34)20-9-6-18(25)7-10-20)31(23-12-19(26)8-11-21(23)27)13-16-2-4-17(5-3-16)22-14-35-30-28-22/h2-12,14-15H,13H2,1H3,(H,29,32)/t15-/m1/s1. The van der Waals surface area contributed by atoms with Gasteiger partial charge in [0.1, 0.15) is 23.4 Å². The van der Waals surface area contributed by atoms with Crippen molar-refractivity contribution in [3.63, 3.8) is 0 Å². The topological polar surface area (TPSA) is 92.3 Å². The molecule has 1 amide bonds. The number of rotatable bonds is 8. The van der Waals surface area contributed by atoms with E-state index in [2.05, 4.69) is 9.59 Å². The van der Waals surface area contributed by atoms with Crippen LogP contribution < -0.4 is 9.62 Å². The largest absolute Gasteiger partial charge is 0.353 e. The van der Waals surface area contributed by atoms with Crippen molar-refractivity contribution in [2.45, 2.75) is 24.4 Å². The van der Waals surface area contributed by atoms with Gasteiger partial charge in [0.25, 0.3) is 15.9 Å². The first-order chi connectivity index (χ1) is 17.1. The number of benzene rings is 3. The molecule has 0 aliphatic heterocycles. The molecule has 0 aliphatic rings. The predicted octanol–water partition coefficient (Wildman–Crippen LogP) is 5.04. The van der Waals surface area contributed by atoms with Crippen LogP contribution in [0.25, 0.3) is 11.3 Å². The second kappa shape index (κ2) is 10.7. The predicted molar refractivity (Wildman–Crippen MR) is 134 cm³/mol. The molecule has 186 valence electrons. The van der Waals surface area contributed by atoms with Crippen LogP contribution in [0.4, 0.5) is 14.5 Å². The number of nitrogens with one attached hydrogen (secondary N) is 1. The summed E-state index contributed by atoms with van der Waals surface area (Å²) in [4.78, 5) is 14.2. The monoisotopic (exact) mass is 548 g/mol. The van der Waals surface area contributed by atoms with Crippen molar-refractivity contribution >= 4 is 44.8 Å². The summed E-state index contributed by atoms with van der Waals surface area (Å²) in [5.41, 5.74) is 2.00. The molecule has 36 heavy (non-hydrogen) atoms. The minimum atomic E-state index is -4.22. The van der Waals surface area contributed by atoms with Crippen LogP contribution in [-0.4, -0.2) is 30.0 Å². The molecule has 1 N–H and O–H groups in total. The van der Waals surface area contributed by atoms with Crippen molar-refractivity contribution in [1.29, 1.82) is 0 Å². The maximum atomic E-state index is 14.8. The molecule has 4 aromatic rings. The summed E-state index contributed by atoms with van der Waals surface area (Å²) in [6.45, 7) is 1.40. The van der Waals surface area contributed by atoms with Gasteiger partial charge in [-0.15, -0.1) is 5.10 Å². The number of aromatic nitrogens is 2. The Labute approximate surface area is 215 Å². The Morgan fingerprint density at radius 1 is 1.08 bits per heavy atom. The van der Waals surface area contributed by atoms with Crippen molar-refractivity contribution in [1.82, 2.24) is 14.3 Å². The van der Waals surface area contributed by atoms with E-state index in [1.165, 1.54) is 47.6 Å². The fourth-order valence-electron chi connectivity index (χ4n) is 3.44. The Balaban J connectivity index is 1.62. The van der Waals surface area contributed by atoms with E-state index < -0.39 is 33.6 Å². The van der Waals surface area contributed by atoms with Crippen LogP contribution >= 0.6 is 23.1 Å². The molecule has 0 saturated carbocycles. The third kappa shape index (κ3) is 5.86. The van der Waals surface area contributed by atoms with Gasteiger partial charge in [0.05, 0.1) is 10.6 Å². The van der Waals surface area contributed by atoms with Gasteiger partial charge in [-0.1, -0.05) is 40.4 Å². The molecule has 0 unspecified atom stereocenters. The number of hydrogen-bond donors (Lipinski definition) is 1. The summed E-state index contributed by atoms with van der Waals surface area (Å²) < 4.78 is 60.0. The van der Waals surface area contributed by atoms with Crippen LogP contribution in [0.2, 0.25) is 5.02 Å². The summed E-state index contributed by atoms with van der Waals surface area (Å²) >= 11 is 7.02. The average Bonchev–Trinajstić information content (AvgIpc) is 3.39. The van der Waals surface area contributed by atoms with Gasteiger partial charge in [0.15, 0.2) is 0 Å². The maximum Gasteiger partial charge on any atom is 0.264 e. The van der Waals surface area contributed by atoms with Crippen molar-refractivity contribution in [3.05, 3.63) is 94.3 Å². The van der Waals surface area contributed by atoms with Crippen LogP contribution in [0, 0.1) is 11.6 Å². The number of anilines is 1. The summed E-state index contributed by atoms with van der Waals surface area (Å²) in [7, 11) is -4.22. The quantitative estimate of drug-likeness (QED) is 0.332. The van der Waals surface area contributed by atoms with Crippen LogP contribution in [-0.2, 0) is 21.4 Å². The van der Waals surface area contributed by atoms with E-state index in [0.717, 1.165) is 23.8 Å². The van der Waals surface area contributed by atoms with Crippen LogP contribution in [0.1, 0.15) is 12.5 Å². The van der Waals surface area contributed by atoms with Crippen LogP contribution in [0.3, 0.4) is 0 Å². The number of sulfonamides is 1. The molecular weight excluding hydrogens is 530 g/mol. The normalized spacial score (nSPS) is 12.2. The molecule has 0 bridgehead atoms. The van der Waals surface area contributed by atoms with E-state index in [1.54, 1.807) is 29.6 Å². The maximum absolute atomic E-state index is 14.8. The Morgan fingerprint density at radius 2 is 1.78 bits per heavy atom. The van der Waals surface area contributed by atoms with E-state index in [1.807, 2.05) is 4.72 Å². The highest BCUT2D eigenvalue weighted by atomic mass is 35.5. The molecule has 1 aromatic heterocycles. The van der Waals surface area contributed by atoms with Crippen molar-refractivity contribution < 1.29 is 22.0 Å². The minimum Gasteiger partial charge on any atom is -0.353 e. The fraction of sp³-hybridized carbons (Fsp3) is 0.125. The van der Waals surface area contributed by atoms with Crippen molar-refractivity contribution in [2.24, 2.45) is 0 Å². The third-order valence-electron chi connectivity index (χ3n) is 5.39. The highest BCUT2D eigenvalue weighted by Crippen LogP contribution is 2.26. The minimum absolute atomic E-state index is 0.00838. The average molecular weight is 549 g/mol. The molecule has 0 spiro atoms. The first kappa shape index (κ1) is 25.7. The van der Waals surface area contributed by atoms with Gasteiger partial charge in [-0.25, -0.2) is 21.9 Å². The van der Waals surface area contributed by atoms with Gasteiger partial charge in [0, 0.05) is 28.6 Å². The molecule has 0 radical (unpaired) electrons. The smallest absolute Gasteiger partial charge is 0.264 e. The van der Waals surface area contributed by atoms with E-state index in [-0.39, 0.29) is 17.1 Å². The van der Waals surface area contributed by atoms with Crippen LogP contribution in [0.5, 0.6) is 0 Å².